The number of hydrogen-bond acceptors (Lipinski definition) is 8. The van der Waals surface area contributed by atoms with Crippen LogP contribution in [0.25, 0.3) is 10.9 Å². The van der Waals surface area contributed by atoms with Gasteiger partial charge in [0, 0.05) is 56.2 Å². The zero-order chi connectivity index (χ0) is 26.7. The summed E-state index contributed by atoms with van der Waals surface area (Å²) >= 11 is 0. The highest BCUT2D eigenvalue weighted by atomic mass is 32.2. The Morgan fingerprint density at radius 3 is 2.34 bits per heavy atom. The number of rotatable bonds is 6. The summed E-state index contributed by atoms with van der Waals surface area (Å²) in [5, 5.41) is 0.701. The number of carbonyl (C=O) groups is 2. The van der Waals surface area contributed by atoms with Crippen LogP contribution >= 0.6 is 0 Å². The first kappa shape index (κ1) is 25.1. The zero-order valence-corrected chi connectivity index (χ0v) is 21.3. The fraction of sp³-hybridized carbons (Fsp3) is 0.192. The van der Waals surface area contributed by atoms with Crippen LogP contribution in [0.2, 0.25) is 0 Å². The number of hydrogen-bond donors (Lipinski definition) is 1. The van der Waals surface area contributed by atoms with Crippen molar-refractivity contribution >= 4 is 38.4 Å². The number of piperazine rings is 1. The summed E-state index contributed by atoms with van der Waals surface area (Å²) in [6.45, 7) is 1.35. The summed E-state index contributed by atoms with van der Waals surface area (Å²) < 4.78 is 34.3. The lowest BCUT2D eigenvalue weighted by Crippen LogP contribution is -2.50. The number of anilines is 1. The fourth-order valence-electron chi connectivity index (χ4n) is 4.29. The van der Waals surface area contributed by atoms with Gasteiger partial charge in [-0.05, 0) is 24.3 Å². The van der Waals surface area contributed by atoms with E-state index in [0.29, 0.717) is 37.1 Å². The van der Waals surface area contributed by atoms with Gasteiger partial charge in [-0.15, -0.1) is 0 Å². The molecule has 0 aliphatic carbocycles. The van der Waals surface area contributed by atoms with Gasteiger partial charge in [0.2, 0.25) is 0 Å². The van der Waals surface area contributed by atoms with Gasteiger partial charge in [-0.3, -0.25) is 24.3 Å². The van der Waals surface area contributed by atoms with Gasteiger partial charge in [0.25, 0.3) is 21.8 Å². The van der Waals surface area contributed by atoms with Crippen molar-refractivity contribution in [1.29, 1.82) is 0 Å². The predicted octanol–water partition coefficient (Wildman–Crippen LogP) is 2.43. The molecule has 1 saturated heterocycles. The average Bonchev–Trinajstić information content (AvgIpc) is 2.96. The lowest BCUT2D eigenvalue weighted by molar-refractivity contribution is 0.0530. The lowest BCUT2D eigenvalue weighted by Gasteiger charge is -2.34. The molecule has 0 saturated carbocycles. The number of benzene rings is 2. The molecule has 11 nitrogen and oxygen atoms in total. The van der Waals surface area contributed by atoms with Crippen molar-refractivity contribution in [2.45, 2.75) is 4.90 Å². The predicted molar refractivity (Wildman–Crippen MR) is 139 cm³/mol. The minimum absolute atomic E-state index is 0.0450. The van der Waals surface area contributed by atoms with Gasteiger partial charge in [0.05, 0.1) is 30.1 Å². The van der Waals surface area contributed by atoms with Crippen molar-refractivity contribution in [3.8, 4) is 5.75 Å². The molecule has 194 valence electrons. The van der Waals surface area contributed by atoms with Gasteiger partial charge in [0.15, 0.2) is 0 Å². The van der Waals surface area contributed by atoms with E-state index in [1.54, 1.807) is 34.1 Å². The van der Waals surface area contributed by atoms with Gasteiger partial charge >= 0.3 is 0 Å². The number of aromatic nitrogens is 3. The Balaban J connectivity index is 1.30. The molecule has 12 heteroatoms. The second-order valence-corrected chi connectivity index (χ2v) is 10.2. The van der Waals surface area contributed by atoms with E-state index in [2.05, 4.69) is 19.7 Å². The number of sulfonamides is 1. The molecular formula is C26H24N6O5S. The number of nitrogens with one attached hydrogen (secondary N) is 1. The third kappa shape index (κ3) is 4.98. The van der Waals surface area contributed by atoms with Crippen LogP contribution in [-0.2, 0) is 10.0 Å². The zero-order valence-electron chi connectivity index (χ0n) is 20.4. The Bertz CT molecular complexity index is 1600. The number of ether oxygens (including phenoxy) is 1. The molecule has 4 aromatic rings. The van der Waals surface area contributed by atoms with Crippen LogP contribution in [0.1, 0.15) is 20.8 Å². The van der Waals surface area contributed by atoms with Gasteiger partial charge in [0.1, 0.15) is 16.3 Å². The number of pyridine rings is 1. The summed E-state index contributed by atoms with van der Waals surface area (Å²) in [6, 6.07) is 13.0. The highest BCUT2D eigenvalue weighted by Crippen LogP contribution is 2.28. The molecule has 5 rings (SSSR count). The van der Waals surface area contributed by atoms with Crippen LogP contribution in [0.4, 0.5) is 5.69 Å². The van der Waals surface area contributed by atoms with Crippen LogP contribution < -0.4 is 9.46 Å². The second kappa shape index (κ2) is 10.4. The summed E-state index contributed by atoms with van der Waals surface area (Å²) in [5.41, 5.74) is 1.14. The second-order valence-electron chi connectivity index (χ2n) is 8.53. The Morgan fingerprint density at radius 2 is 1.63 bits per heavy atom. The summed E-state index contributed by atoms with van der Waals surface area (Å²) in [4.78, 5) is 41.4. The number of nitrogens with zero attached hydrogens (tertiary/aromatic N) is 5. The Labute approximate surface area is 219 Å². The SMILES string of the molecule is COc1cc(NS(=O)(=O)c2cccc3cccnc23)ccc1C(=O)N1CCN(C(=O)c2cnccn2)CC1. The maximum Gasteiger partial charge on any atom is 0.274 e. The molecule has 0 radical (unpaired) electrons. The molecule has 1 N–H and O–H groups in total. The minimum Gasteiger partial charge on any atom is -0.496 e. The Kier molecular flexibility index (Phi) is 6.88. The smallest absolute Gasteiger partial charge is 0.274 e. The van der Waals surface area contributed by atoms with Gasteiger partial charge in [-0.25, -0.2) is 13.4 Å². The van der Waals surface area contributed by atoms with Crippen molar-refractivity contribution in [3.63, 3.8) is 0 Å². The highest BCUT2D eigenvalue weighted by Gasteiger charge is 2.28. The lowest BCUT2D eigenvalue weighted by atomic mass is 10.1. The van der Waals surface area contributed by atoms with Crippen molar-refractivity contribution in [2.75, 3.05) is 38.0 Å². The summed E-state index contributed by atoms with van der Waals surface area (Å²) in [6.07, 6.45) is 5.91. The largest absolute Gasteiger partial charge is 0.496 e. The molecule has 0 spiro atoms. The third-order valence-corrected chi connectivity index (χ3v) is 7.62. The molecule has 3 heterocycles. The van der Waals surface area contributed by atoms with Crippen LogP contribution in [0.5, 0.6) is 5.75 Å². The van der Waals surface area contributed by atoms with Crippen molar-refractivity contribution < 1.29 is 22.7 Å². The van der Waals surface area contributed by atoms with Gasteiger partial charge < -0.3 is 14.5 Å². The maximum absolute atomic E-state index is 13.3. The number of para-hydroxylation sites is 1. The van der Waals surface area contributed by atoms with Gasteiger partial charge in [-0.1, -0.05) is 18.2 Å². The monoisotopic (exact) mass is 532 g/mol. The molecule has 38 heavy (non-hydrogen) atoms. The minimum atomic E-state index is -3.97. The third-order valence-electron chi connectivity index (χ3n) is 6.21. The van der Waals surface area contributed by atoms with Crippen LogP contribution in [0.15, 0.2) is 78.2 Å². The van der Waals surface area contributed by atoms with E-state index in [9.17, 15) is 18.0 Å². The Hall–Kier alpha value is -4.58. The van der Waals surface area contributed by atoms with E-state index in [-0.39, 0.29) is 39.4 Å². The molecule has 1 fully saturated rings. The number of carbonyl (C=O) groups excluding carboxylic acids is 2. The van der Waals surface area contributed by atoms with E-state index in [1.807, 2.05) is 0 Å². The fourth-order valence-corrected chi connectivity index (χ4v) is 5.52. The van der Waals surface area contributed by atoms with E-state index in [1.165, 1.54) is 56.2 Å². The van der Waals surface area contributed by atoms with E-state index in [4.69, 9.17) is 4.74 Å². The van der Waals surface area contributed by atoms with Crippen molar-refractivity contribution in [3.05, 3.63) is 84.6 Å². The normalized spacial score (nSPS) is 13.8. The summed E-state index contributed by atoms with van der Waals surface area (Å²) in [7, 11) is -2.55. The maximum atomic E-state index is 13.3. The molecule has 0 atom stereocenters. The van der Waals surface area contributed by atoms with E-state index < -0.39 is 10.0 Å². The Morgan fingerprint density at radius 1 is 0.895 bits per heavy atom. The quantitative estimate of drug-likeness (QED) is 0.400. The van der Waals surface area contributed by atoms with E-state index >= 15 is 0 Å². The van der Waals surface area contributed by atoms with Crippen molar-refractivity contribution in [2.24, 2.45) is 0 Å². The first-order valence-corrected chi connectivity index (χ1v) is 13.2. The van der Waals surface area contributed by atoms with Crippen LogP contribution in [0.3, 0.4) is 0 Å². The molecule has 1 aliphatic rings. The topological polar surface area (TPSA) is 135 Å². The molecule has 0 bridgehead atoms. The number of amides is 2. The molecule has 1 aliphatic heterocycles. The van der Waals surface area contributed by atoms with Crippen molar-refractivity contribution in [1.82, 2.24) is 24.8 Å². The van der Waals surface area contributed by atoms with Crippen LogP contribution in [0, 0.1) is 0 Å². The van der Waals surface area contributed by atoms with Crippen LogP contribution in [-0.4, -0.2) is 78.3 Å². The average molecular weight is 533 g/mol. The number of methoxy groups -OCH3 is 1. The molecule has 2 aromatic carbocycles. The summed E-state index contributed by atoms with van der Waals surface area (Å²) in [5.74, 6) is -0.286. The molecule has 2 amide bonds. The molecular weight excluding hydrogens is 508 g/mol. The first-order chi connectivity index (χ1) is 18.4. The highest BCUT2D eigenvalue weighted by molar-refractivity contribution is 7.93. The number of fused-ring (bicyclic) bond motifs is 1. The standard InChI is InChI=1S/C26H24N6O5S/c1-37-22-16-19(30-38(35,36)23-6-2-4-18-5-3-9-29-24(18)23)7-8-20(22)25(33)31-12-14-32(15-13-31)26(34)21-17-27-10-11-28-21/h2-11,16-17,30H,12-15H2,1H3. The van der Waals surface area contributed by atoms with E-state index in [0.717, 1.165) is 0 Å². The van der Waals surface area contributed by atoms with Gasteiger partial charge in [-0.2, -0.15) is 0 Å². The molecule has 0 unspecified atom stereocenters. The molecule has 2 aromatic heterocycles. The first-order valence-electron chi connectivity index (χ1n) is 11.8.